The van der Waals surface area contributed by atoms with E-state index in [4.69, 9.17) is 18.9 Å². The van der Waals surface area contributed by atoms with E-state index in [1.54, 1.807) is 56.7 Å². The molecule has 2 aromatic rings. The molecule has 34 heavy (non-hydrogen) atoms. The molecule has 182 valence electrons. The number of carbonyl (C=O) groups is 2. The number of benzene rings is 2. The Kier molecular flexibility index (Phi) is 8.54. The molecule has 0 radical (unpaired) electrons. The van der Waals surface area contributed by atoms with Crippen LogP contribution in [0.3, 0.4) is 0 Å². The number of carbonyl (C=O) groups excluding carboxylic acids is 2. The highest BCUT2D eigenvalue weighted by Gasteiger charge is 2.39. The molecule has 1 aliphatic rings. The summed E-state index contributed by atoms with van der Waals surface area (Å²) in [5, 5.41) is 3.14. The molecule has 0 unspecified atom stereocenters. The van der Waals surface area contributed by atoms with Gasteiger partial charge in [0.2, 0.25) is 0 Å². The minimum Gasteiger partial charge on any atom is -0.497 e. The topological polar surface area (TPSA) is 86.3 Å². The first-order valence-corrected chi connectivity index (χ1v) is 11.2. The molecule has 1 N–H and O–H groups in total. The van der Waals surface area contributed by atoms with Crippen molar-refractivity contribution in [1.82, 2.24) is 4.90 Å². The third-order valence-electron chi connectivity index (χ3n) is 5.29. The summed E-state index contributed by atoms with van der Waals surface area (Å²) in [7, 11) is 4.68. The van der Waals surface area contributed by atoms with E-state index in [1.807, 2.05) is 0 Å². The van der Waals surface area contributed by atoms with E-state index in [9.17, 15) is 9.59 Å². The lowest BCUT2D eigenvalue weighted by Crippen LogP contribution is -2.33. The van der Waals surface area contributed by atoms with E-state index in [1.165, 1.54) is 12.0 Å². The van der Waals surface area contributed by atoms with E-state index in [-0.39, 0.29) is 18.1 Å². The Hall–Kier alpha value is -3.52. The zero-order valence-corrected chi connectivity index (χ0v) is 20.3. The fourth-order valence-electron chi connectivity index (χ4n) is 3.56. The van der Waals surface area contributed by atoms with Gasteiger partial charge in [-0.3, -0.25) is 14.5 Å². The third kappa shape index (κ3) is 5.69. The highest BCUT2D eigenvalue weighted by molar-refractivity contribution is 6.36. The first-order chi connectivity index (χ1) is 16.4. The summed E-state index contributed by atoms with van der Waals surface area (Å²) in [6.07, 6.45) is 0.541. The number of ether oxygens (including phenoxy) is 4. The van der Waals surface area contributed by atoms with Gasteiger partial charge in [0, 0.05) is 26.3 Å². The van der Waals surface area contributed by atoms with Crippen LogP contribution in [-0.2, 0) is 14.3 Å². The molecule has 0 aromatic heterocycles. The number of rotatable bonds is 12. The van der Waals surface area contributed by atoms with Gasteiger partial charge in [-0.05, 0) is 42.2 Å². The highest BCUT2D eigenvalue weighted by Crippen LogP contribution is 2.35. The number of hydrogen-bond acceptors (Lipinski definition) is 7. The lowest BCUT2D eigenvalue weighted by Gasteiger charge is -2.16. The number of nitrogens with one attached hydrogen (secondary N) is 1. The van der Waals surface area contributed by atoms with Crippen molar-refractivity contribution in [2.45, 2.75) is 20.3 Å². The van der Waals surface area contributed by atoms with Crippen LogP contribution in [0.4, 0.5) is 5.69 Å². The molecule has 0 fully saturated rings. The van der Waals surface area contributed by atoms with Gasteiger partial charge in [-0.15, -0.1) is 0 Å². The molecule has 1 aliphatic heterocycles. The predicted octanol–water partition coefficient (Wildman–Crippen LogP) is 3.97. The molecule has 2 aromatic carbocycles. The molecular formula is C26H32N2O6. The number of anilines is 1. The van der Waals surface area contributed by atoms with Crippen LogP contribution in [0.5, 0.6) is 17.2 Å². The molecule has 8 heteroatoms. The third-order valence-corrected chi connectivity index (χ3v) is 5.29. The fraction of sp³-hybridized carbons (Fsp3) is 0.385. The van der Waals surface area contributed by atoms with E-state index < -0.39 is 5.91 Å². The summed E-state index contributed by atoms with van der Waals surface area (Å²) < 4.78 is 21.6. The normalized spacial score (nSPS) is 13.6. The Balaban J connectivity index is 1.99. The number of hydrogen-bond donors (Lipinski definition) is 1. The van der Waals surface area contributed by atoms with Gasteiger partial charge < -0.3 is 24.3 Å². The Morgan fingerprint density at radius 3 is 2.24 bits per heavy atom. The van der Waals surface area contributed by atoms with Gasteiger partial charge in [0.15, 0.2) is 0 Å². The lowest BCUT2D eigenvalue weighted by molar-refractivity contribution is -0.136. The van der Waals surface area contributed by atoms with Gasteiger partial charge in [-0.2, -0.15) is 0 Å². The highest BCUT2D eigenvalue weighted by atomic mass is 16.5. The number of methoxy groups -OCH3 is 3. The van der Waals surface area contributed by atoms with Crippen LogP contribution in [-0.4, -0.2) is 57.8 Å². The SMILES string of the molecule is COCCCN1C(=O)C(Nc2cc(OC)ccc2OC)=C(c2ccc(OCC(C)C)cc2)C1=O. The first-order valence-electron chi connectivity index (χ1n) is 11.2. The molecule has 0 saturated carbocycles. The molecule has 0 aliphatic carbocycles. The van der Waals surface area contributed by atoms with E-state index in [0.717, 1.165) is 0 Å². The summed E-state index contributed by atoms with van der Waals surface area (Å²) in [6.45, 7) is 5.44. The van der Waals surface area contributed by atoms with Gasteiger partial charge >= 0.3 is 0 Å². The molecule has 0 atom stereocenters. The van der Waals surface area contributed by atoms with Crippen molar-refractivity contribution in [3.8, 4) is 17.2 Å². The molecule has 8 nitrogen and oxygen atoms in total. The van der Waals surface area contributed by atoms with Crippen LogP contribution in [0.1, 0.15) is 25.8 Å². The monoisotopic (exact) mass is 468 g/mol. The van der Waals surface area contributed by atoms with Crippen molar-refractivity contribution < 1.29 is 28.5 Å². The van der Waals surface area contributed by atoms with Crippen molar-refractivity contribution in [1.29, 1.82) is 0 Å². The summed E-state index contributed by atoms with van der Waals surface area (Å²) in [5.41, 5.74) is 1.62. The summed E-state index contributed by atoms with van der Waals surface area (Å²) in [6, 6.07) is 12.4. The average molecular weight is 469 g/mol. The number of nitrogens with zero attached hydrogens (tertiary/aromatic N) is 1. The second-order valence-corrected chi connectivity index (χ2v) is 8.28. The maximum atomic E-state index is 13.4. The molecule has 2 amide bonds. The van der Waals surface area contributed by atoms with Crippen LogP contribution in [0.25, 0.3) is 5.57 Å². The van der Waals surface area contributed by atoms with Crippen molar-refractivity contribution in [3.05, 3.63) is 53.7 Å². The van der Waals surface area contributed by atoms with Crippen molar-refractivity contribution in [3.63, 3.8) is 0 Å². The Morgan fingerprint density at radius 2 is 1.62 bits per heavy atom. The summed E-state index contributed by atoms with van der Waals surface area (Å²) >= 11 is 0. The first kappa shape index (κ1) is 25.1. The molecular weight excluding hydrogens is 436 g/mol. The largest absolute Gasteiger partial charge is 0.497 e. The Morgan fingerprint density at radius 1 is 0.912 bits per heavy atom. The summed E-state index contributed by atoms with van der Waals surface area (Å²) in [4.78, 5) is 28.0. The average Bonchev–Trinajstić information content (AvgIpc) is 3.07. The minimum atomic E-state index is -0.402. The molecule has 0 bridgehead atoms. The lowest BCUT2D eigenvalue weighted by atomic mass is 10.0. The Labute approximate surface area is 200 Å². The maximum Gasteiger partial charge on any atom is 0.278 e. The zero-order valence-electron chi connectivity index (χ0n) is 20.3. The smallest absolute Gasteiger partial charge is 0.278 e. The fourth-order valence-corrected chi connectivity index (χ4v) is 3.56. The van der Waals surface area contributed by atoms with Crippen LogP contribution < -0.4 is 19.5 Å². The van der Waals surface area contributed by atoms with Crippen LogP contribution in [0.15, 0.2) is 48.2 Å². The van der Waals surface area contributed by atoms with E-state index in [0.29, 0.717) is 59.6 Å². The van der Waals surface area contributed by atoms with Crippen molar-refractivity contribution in [2.24, 2.45) is 5.92 Å². The van der Waals surface area contributed by atoms with Crippen molar-refractivity contribution in [2.75, 3.05) is 46.4 Å². The minimum absolute atomic E-state index is 0.185. The second kappa shape index (κ2) is 11.6. The Bertz CT molecular complexity index is 1050. The van der Waals surface area contributed by atoms with Gasteiger partial charge in [-0.25, -0.2) is 0 Å². The van der Waals surface area contributed by atoms with Crippen molar-refractivity contribution >= 4 is 23.1 Å². The molecule has 3 rings (SSSR count). The van der Waals surface area contributed by atoms with Gasteiger partial charge in [-0.1, -0.05) is 26.0 Å². The molecule has 0 saturated heterocycles. The second-order valence-electron chi connectivity index (χ2n) is 8.28. The quantitative estimate of drug-likeness (QED) is 0.373. The van der Waals surface area contributed by atoms with Crippen LogP contribution in [0.2, 0.25) is 0 Å². The summed E-state index contributed by atoms with van der Waals surface area (Å²) in [5.74, 6) is 1.44. The van der Waals surface area contributed by atoms with Crippen LogP contribution in [0, 0.1) is 5.92 Å². The number of imide groups is 1. The standard InChI is InChI=1S/C26H32N2O6/c1-17(2)16-34-19-9-7-18(8-10-19)23-24(26(30)28(25(23)29)13-6-14-31-3)27-21-15-20(32-4)11-12-22(21)33-5/h7-12,15,17,27H,6,13-14,16H2,1-5H3. The van der Waals surface area contributed by atoms with Crippen LogP contribution >= 0.6 is 0 Å². The zero-order chi connectivity index (χ0) is 24.7. The van der Waals surface area contributed by atoms with E-state index in [2.05, 4.69) is 19.2 Å². The van der Waals surface area contributed by atoms with Gasteiger partial charge in [0.1, 0.15) is 22.9 Å². The van der Waals surface area contributed by atoms with Gasteiger partial charge in [0.25, 0.3) is 11.8 Å². The maximum absolute atomic E-state index is 13.4. The molecule has 0 spiro atoms. The predicted molar refractivity (Wildman–Crippen MR) is 130 cm³/mol. The van der Waals surface area contributed by atoms with E-state index >= 15 is 0 Å². The molecule has 1 heterocycles. The van der Waals surface area contributed by atoms with Gasteiger partial charge in [0.05, 0.1) is 32.1 Å². The number of amides is 2.